The zero-order valence-corrected chi connectivity index (χ0v) is 14.2. The summed E-state index contributed by atoms with van der Waals surface area (Å²) in [6.07, 6.45) is 0. The average Bonchev–Trinajstić information content (AvgIpc) is 2.32. The van der Waals surface area contributed by atoms with Gasteiger partial charge in [0.2, 0.25) is 0 Å². The van der Waals surface area contributed by atoms with Crippen LogP contribution in [0.2, 0.25) is 0 Å². The van der Waals surface area contributed by atoms with Gasteiger partial charge in [0.15, 0.2) is 0 Å². The summed E-state index contributed by atoms with van der Waals surface area (Å²) in [5, 5.41) is 0. The van der Waals surface area contributed by atoms with Gasteiger partial charge >= 0.3 is 0 Å². The minimum Gasteiger partial charge on any atom is -0.279 e. The van der Waals surface area contributed by atoms with Gasteiger partial charge in [-0.2, -0.15) is 0 Å². The highest BCUT2D eigenvalue weighted by atomic mass is 127. The van der Waals surface area contributed by atoms with Crippen LogP contribution >= 0.6 is 45.2 Å². The maximum absolute atomic E-state index is 12.1. The summed E-state index contributed by atoms with van der Waals surface area (Å²) in [6.45, 7) is 0. The molecule has 0 aromatic heterocycles. The van der Waals surface area contributed by atoms with E-state index in [1.165, 1.54) is 0 Å². The van der Waals surface area contributed by atoms with E-state index in [1.54, 1.807) is 36.4 Å². The van der Waals surface area contributed by atoms with Gasteiger partial charge in [0.05, 0.1) is 10.6 Å². The van der Waals surface area contributed by atoms with Crippen molar-refractivity contribution in [1.82, 2.24) is 0 Å². The average molecular weight is 485 g/mol. The Hall–Kier alpha value is -0.350. The second-order valence-electron chi connectivity index (χ2n) is 3.54. The van der Waals surface area contributed by atoms with Crippen LogP contribution in [0.1, 0.15) is 0 Å². The highest BCUT2D eigenvalue weighted by molar-refractivity contribution is 14.1. The van der Waals surface area contributed by atoms with Gasteiger partial charge in [-0.25, -0.2) is 8.42 Å². The van der Waals surface area contributed by atoms with Crippen LogP contribution in [0.25, 0.3) is 0 Å². The van der Waals surface area contributed by atoms with Crippen molar-refractivity contribution in [3.8, 4) is 0 Å². The van der Waals surface area contributed by atoms with Gasteiger partial charge in [-0.1, -0.05) is 12.1 Å². The molecule has 0 aliphatic rings. The predicted molar refractivity (Wildman–Crippen MR) is 89.1 cm³/mol. The Morgan fingerprint density at radius 3 is 2.11 bits per heavy atom. The van der Waals surface area contributed by atoms with Crippen LogP contribution in [-0.4, -0.2) is 8.42 Å². The summed E-state index contributed by atoms with van der Waals surface area (Å²) in [4.78, 5) is 0.266. The van der Waals surface area contributed by atoms with Gasteiger partial charge in [-0.05, 0) is 81.6 Å². The maximum Gasteiger partial charge on any atom is 0.261 e. The van der Waals surface area contributed by atoms with Gasteiger partial charge in [0.1, 0.15) is 0 Å². The SMILES string of the molecule is O=S(=O)(Nc1ccccc1I)c1ccc(I)cc1. The molecule has 0 atom stereocenters. The Labute approximate surface area is 133 Å². The topological polar surface area (TPSA) is 46.2 Å². The second-order valence-corrected chi connectivity index (χ2v) is 7.63. The molecular formula is C12H9I2NO2S. The predicted octanol–water partition coefficient (Wildman–Crippen LogP) is 3.70. The van der Waals surface area contributed by atoms with Crippen molar-refractivity contribution >= 4 is 60.9 Å². The van der Waals surface area contributed by atoms with E-state index >= 15 is 0 Å². The number of sulfonamides is 1. The normalized spacial score (nSPS) is 11.2. The van der Waals surface area contributed by atoms with Crippen LogP contribution in [-0.2, 0) is 10.0 Å². The van der Waals surface area contributed by atoms with Crippen LogP contribution in [0.3, 0.4) is 0 Å². The van der Waals surface area contributed by atoms with E-state index in [0.717, 1.165) is 7.14 Å². The fourth-order valence-electron chi connectivity index (χ4n) is 1.36. The number of halogens is 2. The first-order valence-electron chi connectivity index (χ1n) is 5.02. The molecule has 3 nitrogen and oxygen atoms in total. The van der Waals surface area contributed by atoms with Gasteiger partial charge in [-0.15, -0.1) is 0 Å². The summed E-state index contributed by atoms with van der Waals surface area (Å²) in [7, 11) is -3.51. The monoisotopic (exact) mass is 485 g/mol. The number of rotatable bonds is 3. The van der Waals surface area contributed by atoms with E-state index in [2.05, 4.69) is 49.9 Å². The molecule has 2 aromatic carbocycles. The molecule has 0 spiro atoms. The fourth-order valence-corrected chi connectivity index (χ4v) is 3.51. The lowest BCUT2D eigenvalue weighted by molar-refractivity contribution is 0.601. The molecule has 0 saturated heterocycles. The first-order chi connectivity index (χ1) is 8.49. The molecule has 1 N–H and O–H groups in total. The van der Waals surface area contributed by atoms with E-state index in [1.807, 2.05) is 12.1 Å². The lowest BCUT2D eigenvalue weighted by atomic mass is 10.3. The van der Waals surface area contributed by atoms with Crippen molar-refractivity contribution in [2.24, 2.45) is 0 Å². The molecule has 0 amide bonds. The second kappa shape index (κ2) is 5.74. The lowest BCUT2D eigenvalue weighted by Crippen LogP contribution is -2.13. The summed E-state index contributed by atoms with van der Waals surface area (Å²) >= 11 is 4.23. The number of benzene rings is 2. The number of anilines is 1. The summed E-state index contributed by atoms with van der Waals surface area (Å²) in [5.41, 5.74) is 0.594. The van der Waals surface area contributed by atoms with Crippen molar-refractivity contribution in [2.45, 2.75) is 4.90 Å². The lowest BCUT2D eigenvalue weighted by Gasteiger charge is -2.09. The van der Waals surface area contributed by atoms with Gasteiger partial charge < -0.3 is 0 Å². The third kappa shape index (κ3) is 3.35. The Bertz CT molecular complexity index is 654. The third-order valence-corrected chi connectivity index (χ3v) is 5.28. The first-order valence-corrected chi connectivity index (χ1v) is 8.66. The van der Waals surface area contributed by atoms with Gasteiger partial charge in [0, 0.05) is 7.14 Å². The molecule has 18 heavy (non-hydrogen) atoms. The van der Waals surface area contributed by atoms with E-state index in [9.17, 15) is 8.42 Å². The molecule has 0 aliphatic carbocycles. The standard InChI is InChI=1S/C12H9I2NO2S/c13-9-5-7-10(8-6-9)18(16,17)15-12-4-2-1-3-11(12)14/h1-8,15H. The first kappa shape index (κ1) is 14.1. The molecule has 2 aromatic rings. The molecule has 0 radical (unpaired) electrons. The summed E-state index contributed by atoms with van der Waals surface area (Å²) in [5.74, 6) is 0. The zero-order chi connectivity index (χ0) is 13.2. The molecule has 6 heteroatoms. The Morgan fingerprint density at radius 2 is 1.50 bits per heavy atom. The molecule has 2 rings (SSSR count). The Balaban J connectivity index is 2.33. The van der Waals surface area contributed by atoms with Crippen LogP contribution in [0.5, 0.6) is 0 Å². The molecule has 0 fully saturated rings. The van der Waals surface area contributed by atoms with E-state index < -0.39 is 10.0 Å². The molecular weight excluding hydrogens is 476 g/mol. The summed E-state index contributed by atoms with van der Waals surface area (Å²) < 4.78 is 28.7. The van der Waals surface area contributed by atoms with Gasteiger partial charge in [-0.3, -0.25) is 4.72 Å². The van der Waals surface area contributed by atoms with Crippen molar-refractivity contribution in [2.75, 3.05) is 4.72 Å². The Kier molecular flexibility index (Phi) is 4.49. The van der Waals surface area contributed by atoms with Crippen LogP contribution in [0, 0.1) is 7.14 Å². The molecule has 0 unspecified atom stereocenters. The largest absolute Gasteiger partial charge is 0.279 e. The third-order valence-electron chi connectivity index (χ3n) is 2.24. The van der Waals surface area contributed by atoms with Crippen molar-refractivity contribution < 1.29 is 8.42 Å². The Morgan fingerprint density at radius 1 is 0.889 bits per heavy atom. The zero-order valence-electron chi connectivity index (χ0n) is 9.10. The van der Waals surface area contributed by atoms with Crippen molar-refractivity contribution in [3.05, 3.63) is 55.7 Å². The molecule has 0 saturated carbocycles. The van der Waals surface area contributed by atoms with E-state index in [0.29, 0.717) is 5.69 Å². The summed E-state index contributed by atoms with van der Waals surface area (Å²) in [6, 6.07) is 14.0. The molecule has 94 valence electrons. The number of hydrogen-bond donors (Lipinski definition) is 1. The smallest absolute Gasteiger partial charge is 0.261 e. The van der Waals surface area contributed by atoms with Gasteiger partial charge in [0.25, 0.3) is 10.0 Å². The van der Waals surface area contributed by atoms with E-state index in [-0.39, 0.29) is 4.90 Å². The number of para-hydroxylation sites is 1. The highest BCUT2D eigenvalue weighted by Gasteiger charge is 2.14. The maximum atomic E-state index is 12.1. The molecule has 0 heterocycles. The van der Waals surface area contributed by atoms with Crippen molar-refractivity contribution in [3.63, 3.8) is 0 Å². The van der Waals surface area contributed by atoms with Crippen LogP contribution < -0.4 is 4.72 Å². The minimum atomic E-state index is -3.51. The van der Waals surface area contributed by atoms with E-state index in [4.69, 9.17) is 0 Å². The van der Waals surface area contributed by atoms with Crippen LogP contribution in [0.4, 0.5) is 5.69 Å². The highest BCUT2D eigenvalue weighted by Crippen LogP contribution is 2.21. The van der Waals surface area contributed by atoms with Crippen LogP contribution in [0.15, 0.2) is 53.4 Å². The fraction of sp³-hybridized carbons (Fsp3) is 0. The molecule has 0 aliphatic heterocycles. The quantitative estimate of drug-likeness (QED) is 0.675. The molecule has 0 bridgehead atoms. The minimum absolute atomic E-state index is 0.266. The number of nitrogens with one attached hydrogen (secondary N) is 1. The van der Waals surface area contributed by atoms with Crippen molar-refractivity contribution in [1.29, 1.82) is 0 Å². The number of hydrogen-bond acceptors (Lipinski definition) is 2.